The van der Waals surface area contributed by atoms with E-state index < -0.39 is 9.84 Å². The SMILES string of the molecule is COCCS(=O)(=O)C(C)CC(C)N. The molecule has 0 heterocycles. The fourth-order valence-electron chi connectivity index (χ4n) is 1.07. The van der Waals surface area contributed by atoms with E-state index in [4.69, 9.17) is 10.5 Å². The molecule has 0 fully saturated rings. The molecule has 0 saturated heterocycles. The predicted octanol–water partition coefficient (Wildman–Crippen LogP) is 0.173. The van der Waals surface area contributed by atoms with Crippen LogP contribution in [0, 0.1) is 0 Å². The van der Waals surface area contributed by atoms with Crippen molar-refractivity contribution in [3.8, 4) is 0 Å². The lowest BCUT2D eigenvalue weighted by atomic mass is 10.2. The maximum absolute atomic E-state index is 11.5. The number of hydrogen-bond acceptors (Lipinski definition) is 4. The van der Waals surface area contributed by atoms with Crippen LogP contribution in [0.4, 0.5) is 0 Å². The van der Waals surface area contributed by atoms with Gasteiger partial charge >= 0.3 is 0 Å². The van der Waals surface area contributed by atoms with Crippen LogP contribution < -0.4 is 5.73 Å². The van der Waals surface area contributed by atoms with Gasteiger partial charge in [-0.3, -0.25) is 0 Å². The molecule has 0 aromatic heterocycles. The lowest BCUT2D eigenvalue weighted by molar-refractivity contribution is 0.217. The number of rotatable bonds is 6. The topological polar surface area (TPSA) is 69.4 Å². The Balaban J connectivity index is 4.12. The Kier molecular flexibility index (Phi) is 5.51. The van der Waals surface area contributed by atoms with Crippen LogP contribution in [-0.2, 0) is 14.6 Å². The third-order valence-electron chi connectivity index (χ3n) is 1.89. The van der Waals surface area contributed by atoms with Crippen LogP contribution >= 0.6 is 0 Å². The molecule has 2 atom stereocenters. The van der Waals surface area contributed by atoms with Crippen molar-refractivity contribution in [1.82, 2.24) is 0 Å². The van der Waals surface area contributed by atoms with Gasteiger partial charge in [0.1, 0.15) is 0 Å². The van der Waals surface area contributed by atoms with Gasteiger partial charge in [0, 0.05) is 13.2 Å². The van der Waals surface area contributed by atoms with E-state index in [-0.39, 0.29) is 23.7 Å². The second kappa shape index (κ2) is 5.57. The van der Waals surface area contributed by atoms with Crippen LogP contribution in [0.5, 0.6) is 0 Å². The zero-order chi connectivity index (χ0) is 10.5. The fourth-order valence-corrected chi connectivity index (χ4v) is 2.47. The standard InChI is InChI=1S/C8H19NO3S/c1-7(9)6-8(2)13(10,11)5-4-12-3/h7-8H,4-6,9H2,1-3H3. The van der Waals surface area contributed by atoms with Crippen LogP contribution in [0.15, 0.2) is 0 Å². The van der Waals surface area contributed by atoms with E-state index in [0.717, 1.165) is 0 Å². The summed E-state index contributed by atoms with van der Waals surface area (Å²) < 4.78 is 27.7. The first-order chi connectivity index (χ1) is 5.90. The van der Waals surface area contributed by atoms with Crippen molar-refractivity contribution in [2.24, 2.45) is 5.73 Å². The van der Waals surface area contributed by atoms with Crippen LogP contribution in [-0.4, -0.2) is 39.2 Å². The van der Waals surface area contributed by atoms with E-state index in [9.17, 15) is 8.42 Å². The molecule has 0 saturated carbocycles. The Morgan fingerprint density at radius 3 is 2.31 bits per heavy atom. The largest absolute Gasteiger partial charge is 0.384 e. The average molecular weight is 209 g/mol. The zero-order valence-electron chi connectivity index (χ0n) is 8.49. The average Bonchev–Trinajstić information content (AvgIpc) is 1.99. The van der Waals surface area contributed by atoms with E-state index >= 15 is 0 Å². The Morgan fingerprint density at radius 1 is 1.38 bits per heavy atom. The summed E-state index contributed by atoms with van der Waals surface area (Å²) in [5.74, 6) is 0.0807. The van der Waals surface area contributed by atoms with Crippen LogP contribution in [0.3, 0.4) is 0 Å². The van der Waals surface area contributed by atoms with E-state index in [0.29, 0.717) is 6.42 Å². The monoisotopic (exact) mass is 209 g/mol. The number of ether oxygens (including phenoxy) is 1. The number of sulfone groups is 1. The highest BCUT2D eigenvalue weighted by Gasteiger charge is 2.21. The molecule has 13 heavy (non-hydrogen) atoms. The summed E-state index contributed by atoms with van der Waals surface area (Å²) in [5.41, 5.74) is 5.52. The molecule has 0 rings (SSSR count). The molecule has 80 valence electrons. The van der Waals surface area contributed by atoms with Crippen molar-refractivity contribution in [2.75, 3.05) is 19.5 Å². The van der Waals surface area contributed by atoms with Crippen molar-refractivity contribution >= 4 is 9.84 Å². The first-order valence-electron chi connectivity index (χ1n) is 4.36. The quantitative estimate of drug-likeness (QED) is 0.677. The molecule has 2 N–H and O–H groups in total. The minimum atomic E-state index is -3.02. The highest BCUT2D eigenvalue weighted by atomic mass is 32.2. The minimum absolute atomic E-state index is 0.0766. The molecule has 4 nitrogen and oxygen atoms in total. The van der Waals surface area contributed by atoms with Gasteiger partial charge in [-0.15, -0.1) is 0 Å². The van der Waals surface area contributed by atoms with Crippen molar-refractivity contribution in [3.63, 3.8) is 0 Å². The molecule has 0 aliphatic heterocycles. The smallest absolute Gasteiger partial charge is 0.155 e. The molecule has 2 unspecified atom stereocenters. The van der Waals surface area contributed by atoms with Crippen molar-refractivity contribution in [1.29, 1.82) is 0 Å². The lowest BCUT2D eigenvalue weighted by Gasteiger charge is -2.14. The second-order valence-corrected chi connectivity index (χ2v) is 5.92. The third-order valence-corrected chi connectivity index (χ3v) is 4.04. The number of methoxy groups -OCH3 is 1. The van der Waals surface area contributed by atoms with E-state index in [1.54, 1.807) is 6.92 Å². The summed E-state index contributed by atoms with van der Waals surface area (Å²) in [6.07, 6.45) is 0.506. The Labute approximate surface area is 80.4 Å². The normalized spacial score (nSPS) is 16.9. The molecule has 0 aromatic carbocycles. The van der Waals surface area contributed by atoms with Gasteiger partial charge < -0.3 is 10.5 Å². The summed E-state index contributed by atoms with van der Waals surface area (Å²) in [4.78, 5) is 0. The second-order valence-electron chi connectivity index (χ2n) is 3.38. The van der Waals surface area contributed by atoms with Gasteiger partial charge in [0.05, 0.1) is 17.6 Å². The molecule has 0 radical (unpaired) electrons. The lowest BCUT2D eigenvalue weighted by Crippen LogP contribution is -2.29. The molecule has 0 aliphatic carbocycles. The first kappa shape index (κ1) is 12.9. The van der Waals surface area contributed by atoms with Gasteiger partial charge in [-0.2, -0.15) is 0 Å². The van der Waals surface area contributed by atoms with Crippen LogP contribution in [0.25, 0.3) is 0 Å². The van der Waals surface area contributed by atoms with Gasteiger partial charge in [0.15, 0.2) is 9.84 Å². The minimum Gasteiger partial charge on any atom is -0.384 e. The summed E-state index contributed by atoms with van der Waals surface area (Å²) >= 11 is 0. The summed E-state index contributed by atoms with van der Waals surface area (Å²) in [6, 6.07) is -0.0766. The predicted molar refractivity (Wildman–Crippen MR) is 53.4 cm³/mol. The molecule has 0 spiro atoms. The van der Waals surface area contributed by atoms with Crippen molar-refractivity contribution in [2.45, 2.75) is 31.6 Å². The third kappa shape index (κ3) is 5.23. The van der Waals surface area contributed by atoms with Gasteiger partial charge in [-0.1, -0.05) is 0 Å². The molecular formula is C8H19NO3S. The molecule has 0 aromatic rings. The molecule has 0 bridgehead atoms. The summed E-state index contributed by atoms with van der Waals surface area (Å²) in [6.45, 7) is 3.75. The number of hydrogen-bond donors (Lipinski definition) is 1. The Hall–Kier alpha value is -0.130. The van der Waals surface area contributed by atoms with Crippen molar-refractivity contribution < 1.29 is 13.2 Å². The molecule has 5 heteroatoms. The van der Waals surface area contributed by atoms with E-state index in [2.05, 4.69) is 0 Å². The van der Waals surface area contributed by atoms with E-state index in [1.807, 2.05) is 6.92 Å². The van der Waals surface area contributed by atoms with E-state index in [1.165, 1.54) is 7.11 Å². The van der Waals surface area contributed by atoms with Crippen LogP contribution in [0.2, 0.25) is 0 Å². The van der Waals surface area contributed by atoms with Gasteiger partial charge in [0.25, 0.3) is 0 Å². The maximum atomic E-state index is 11.5. The highest BCUT2D eigenvalue weighted by molar-refractivity contribution is 7.92. The van der Waals surface area contributed by atoms with Crippen molar-refractivity contribution in [3.05, 3.63) is 0 Å². The van der Waals surface area contributed by atoms with Gasteiger partial charge in [0.2, 0.25) is 0 Å². The molecule has 0 amide bonds. The molecular weight excluding hydrogens is 190 g/mol. The number of nitrogens with two attached hydrogens (primary N) is 1. The zero-order valence-corrected chi connectivity index (χ0v) is 9.30. The molecule has 0 aliphatic rings. The Morgan fingerprint density at radius 2 is 1.92 bits per heavy atom. The van der Waals surface area contributed by atoms with Gasteiger partial charge in [-0.25, -0.2) is 8.42 Å². The summed E-state index contributed by atoms with van der Waals surface area (Å²) in [7, 11) is -1.53. The van der Waals surface area contributed by atoms with Gasteiger partial charge in [-0.05, 0) is 20.3 Å². The summed E-state index contributed by atoms with van der Waals surface area (Å²) in [5, 5.41) is -0.373. The Bertz CT molecular complexity index is 224. The first-order valence-corrected chi connectivity index (χ1v) is 6.07. The fraction of sp³-hybridized carbons (Fsp3) is 1.00. The van der Waals surface area contributed by atoms with Crippen LogP contribution in [0.1, 0.15) is 20.3 Å². The maximum Gasteiger partial charge on any atom is 0.155 e. The highest BCUT2D eigenvalue weighted by Crippen LogP contribution is 2.08.